The first-order valence-electron chi connectivity index (χ1n) is 6.02. The maximum Gasteiger partial charge on any atom is 0.220 e. The van der Waals surface area contributed by atoms with E-state index in [1.807, 2.05) is 0 Å². The predicted molar refractivity (Wildman–Crippen MR) is 64.3 cm³/mol. The third kappa shape index (κ3) is 4.94. The highest BCUT2D eigenvalue weighted by atomic mass is 16.5. The van der Waals surface area contributed by atoms with E-state index in [4.69, 9.17) is 4.74 Å². The van der Waals surface area contributed by atoms with Crippen molar-refractivity contribution >= 4 is 5.91 Å². The Kier molecular flexibility index (Phi) is 5.22. The zero-order chi connectivity index (χ0) is 12.0. The van der Waals surface area contributed by atoms with Gasteiger partial charge in [-0.25, -0.2) is 0 Å². The summed E-state index contributed by atoms with van der Waals surface area (Å²) in [6.45, 7) is 7.10. The number of amides is 1. The number of carbonyl (C=O) groups is 1. The van der Waals surface area contributed by atoms with Crippen LogP contribution in [-0.2, 0) is 9.53 Å². The smallest absolute Gasteiger partial charge is 0.220 e. The van der Waals surface area contributed by atoms with Crippen molar-refractivity contribution < 1.29 is 9.53 Å². The standard InChI is InChI=1S/C12H24N2O2/c1-12(2,6-7-16-3)9-13-8-10-4-5-11(15)14-10/h10,13H,4-9H2,1-3H3,(H,14,15). The summed E-state index contributed by atoms with van der Waals surface area (Å²) in [5.74, 6) is 0.186. The van der Waals surface area contributed by atoms with Crippen LogP contribution in [0, 0.1) is 5.41 Å². The van der Waals surface area contributed by atoms with Crippen molar-refractivity contribution in [1.29, 1.82) is 0 Å². The Morgan fingerprint density at radius 2 is 2.31 bits per heavy atom. The third-order valence-electron chi connectivity index (χ3n) is 3.06. The van der Waals surface area contributed by atoms with Crippen molar-refractivity contribution in [2.24, 2.45) is 5.41 Å². The number of rotatable bonds is 7. The molecule has 1 atom stereocenters. The van der Waals surface area contributed by atoms with Gasteiger partial charge in [0.15, 0.2) is 0 Å². The van der Waals surface area contributed by atoms with Crippen LogP contribution in [-0.4, -0.2) is 38.8 Å². The molecule has 16 heavy (non-hydrogen) atoms. The molecular formula is C12H24N2O2. The molecular weight excluding hydrogens is 204 g/mol. The molecule has 1 rings (SSSR count). The van der Waals surface area contributed by atoms with Gasteiger partial charge in [-0.2, -0.15) is 0 Å². The molecule has 0 aromatic heterocycles. The molecule has 1 fully saturated rings. The zero-order valence-electron chi connectivity index (χ0n) is 10.6. The van der Waals surface area contributed by atoms with Crippen LogP contribution >= 0.6 is 0 Å². The lowest BCUT2D eigenvalue weighted by atomic mass is 9.89. The quantitative estimate of drug-likeness (QED) is 0.681. The SMILES string of the molecule is COCCC(C)(C)CNCC1CCC(=O)N1. The maximum absolute atomic E-state index is 11.0. The van der Waals surface area contributed by atoms with Crippen LogP contribution in [0.3, 0.4) is 0 Å². The van der Waals surface area contributed by atoms with Crippen LogP contribution in [0.25, 0.3) is 0 Å². The summed E-state index contributed by atoms with van der Waals surface area (Å²) in [7, 11) is 1.73. The maximum atomic E-state index is 11.0. The number of hydrogen-bond donors (Lipinski definition) is 2. The van der Waals surface area contributed by atoms with Crippen LogP contribution < -0.4 is 10.6 Å². The van der Waals surface area contributed by atoms with Gasteiger partial charge in [-0.05, 0) is 18.3 Å². The Labute approximate surface area is 98.1 Å². The van der Waals surface area contributed by atoms with E-state index in [2.05, 4.69) is 24.5 Å². The molecule has 0 aliphatic carbocycles. The van der Waals surface area contributed by atoms with Crippen molar-refractivity contribution in [3.8, 4) is 0 Å². The normalized spacial score (nSPS) is 21.2. The number of ether oxygens (including phenoxy) is 1. The van der Waals surface area contributed by atoms with E-state index in [-0.39, 0.29) is 11.3 Å². The van der Waals surface area contributed by atoms with Crippen LogP contribution in [0.1, 0.15) is 33.1 Å². The third-order valence-corrected chi connectivity index (χ3v) is 3.06. The zero-order valence-corrected chi connectivity index (χ0v) is 10.6. The van der Waals surface area contributed by atoms with Crippen LogP contribution in [0.5, 0.6) is 0 Å². The number of nitrogens with one attached hydrogen (secondary N) is 2. The molecule has 94 valence electrons. The van der Waals surface area contributed by atoms with Gasteiger partial charge >= 0.3 is 0 Å². The fourth-order valence-electron chi connectivity index (χ4n) is 1.88. The van der Waals surface area contributed by atoms with Gasteiger partial charge in [0.2, 0.25) is 5.91 Å². The van der Waals surface area contributed by atoms with E-state index in [9.17, 15) is 4.79 Å². The van der Waals surface area contributed by atoms with Crippen molar-refractivity contribution in [3.05, 3.63) is 0 Å². The number of methoxy groups -OCH3 is 1. The monoisotopic (exact) mass is 228 g/mol. The van der Waals surface area contributed by atoms with Gasteiger partial charge < -0.3 is 15.4 Å². The van der Waals surface area contributed by atoms with Gasteiger partial charge in [0.05, 0.1) is 0 Å². The minimum absolute atomic E-state index is 0.186. The highest BCUT2D eigenvalue weighted by molar-refractivity contribution is 5.78. The minimum atomic E-state index is 0.186. The summed E-state index contributed by atoms with van der Waals surface area (Å²) in [4.78, 5) is 11.0. The highest BCUT2D eigenvalue weighted by Crippen LogP contribution is 2.18. The molecule has 2 N–H and O–H groups in total. The Morgan fingerprint density at radius 1 is 1.56 bits per heavy atom. The Balaban J connectivity index is 2.11. The first-order valence-corrected chi connectivity index (χ1v) is 6.02. The van der Waals surface area contributed by atoms with E-state index in [1.165, 1.54) is 0 Å². The van der Waals surface area contributed by atoms with Gasteiger partial charge in [0, 0.05) is 39.3 Å². The molecule has 0 aromatic rings. The predicted octanol–water partition coefficient (Wildman–Crippen LogP) is 0.917. The summed E-state index contributed by atoms with van der Waals surface area (Å²) in [6, 6.07) is 0.325. The van der Waals surface area contributed by atoms with Gasteiger partial charge in [-0.3, -0.25) is 4.79 Å². The molecule has 1 saturated heterocycles. The molecule has 0 radical (unpaired) electrons. The number of hydrogen-bond acceptors (Lipinski definition) is 3. The average Bonchev–Trinajstić information content (AvgIpc) is 2.61. The number of carbonyl (C=O) groups excluding carboxylic acids is 1. The molecule has 4 heteroatoms. The molecule has 0 saturated carbocycles. The topological polar surface area (TPSA) is 50.4 Å². The second-order valence-electron chi connectivity index (χ2n) is 5.34. The van der Waals surface area contributed by atoms with E-state index in [1.54, 1.807) is 7.11 Å². The van der Waals surface area contributed by atoms with E-state index in [0.29, 0.717) is 12.5 Å². The lowest BCUT2D eigenvalue weighted by Gasteiger charge is -2.25. The molecule has 0 aromatic carbocycles. The lowest BCUT2D eigenvalue weighted by molar-refractivity contribution is -0.119. The largest absolute Gasteiger partial charge is 0.385 e. The van der Waals surface area contributed by atoms with Gasteiger partial charge in [0.25, 0.3) is 0 Å². The van der Waals surface area contributed by atoms with E-state index < -0.39 is 0 Å². The van der Waals surface area contributed by atoms with Crippen LogP contribution in [0.15, 0.2) is 0 Å². The van der Waals surface area contributed by atoms with Gasteiger partial charge in [0.1, 0.15) is 0 Å². The second kappa shape index (κ2) is 6.21. The summed E-state index contributed by atoms with van der Waals surface area (Å²) in [6.07, 6.45) is 2.69. The molecule has 1 heterocycles. The summed E-state index contributed by atoms with van der Waals surface area (Å²) in [5.41, 5.74) is 0.249. The van der Waals surface area contributed by atoms with Crippen molar-refractivity contribution in [2.75, 3.05) is 26.8 Å². The molecule has 1 amide bonds. The second-order valence-corrected chi connectivity index (χ2v) is 5.34. The fourth-order valence-corrected chi connectivity index (χ4v) is 1.88. The van der Waals surface area contributed by atoms with Gasteiger partial charge in [-0.1, -0.05) is 13.8 Å². The highest BCUT2D eigenvalue weighted by Gasteiger charge is 2.22. The molecule has 1 unspecified atom stereocenters. The van der Waals surface area contributed by atoms with Crippen LogP contribution in [0.2, 0.25) is 0 Å². The molecule has 0 bridgehead atoms. The molecule has 4 nitrogen and oxygen atoms in total. The van der Waals surface area contributed by atoms with Gasteiger partial charge in [-0.15, -0.1) is 0 Å². The fraction of sp³-hybridized carbons (Fsp3) is 0.917. The van der Waals surface area contributed by atoms with Crippen molar-refractivity contribution in [2.45, 2.75) is 39.2 Å². The molecule has 1 aliphatic rings. The lowest BCUT2D eigenvalue weighted by Crippen LogP contribution is -2.39. The molecule has 1 aliphatic heterocycles. The Morgan fingerprint density at radius 3 is 2.88 bits per heavy atom. The van der Waals surface area contributed by atoms with Crippen LogP contribution in [0.4, 0.5) is 0 Å². The van der Waals surface area contributed by atoms with Crippen molar-refractivity contribution in [1.82, 2.24) is 10.6 Å². The van der Waals surface area contributed by atoms with E-state index in [0.717, 1.165) is 32.5 Å². The van der Waals surface area contributed by atoms with E-state index >= 15 is 0 Å². The summed E-state index contributed by atoms with van der Waals surface area (Å²) >= 11 is 0. The Hall–Kier alpha value is -0.610. The van der Waals surface area contributed by atoms with Crippen molar-refractivity contribution in [3.63, 3.8) is 0 Å². The molecule has 0 spiro atoms. The first-order chi connectivity index (χ1) is 7.53. The summed E-state index contributed by atoms with van der Waals surface area (Å²) < 4.78 is 5.09. The average molecular weight is 228 g/mol. The Bertz CT molecular complexity index is 229. The minimum Gasteiger partial charge on any atom is -0.385 e. The first kappa shape index (κ1) is 13.5. The summed E-state index contributed by atoms with van der Waals surface area (Å²) in [5, 5.41) is 6.38.